The summed E-state index contributed by atoms with van der Waals surface area (Å²) < 4.78 is 5.52. The highest BCUT2D eigenvalue weighted by Gasteiger charge is 2.21. The second-order valence-corrected chi connectivity index (χ2v) is 8.61. The summed E-state index contributed by atoms with van der Waals surface area (Å²) in [4.78, 5) is 17.4. The molecule has 0 atom stereocenters. The van der Waals surface area contributed by atoms with Crippen LogP contribution in [0.25, 0.3) is 0 Å². The Labute approximate surface area is 181 Å². The molecular weight excluding hydrogens is 374 g/mol. The summed E-state index contributed by atoms with van der Waals surface area (Å²) in [6.45, 7) is 13.5. The third-order valence-electron chi connectivity index (χ3n) is 5.85. The zero-order valence-electron chi connectivity index (χ0n) is 19.0. The molecule has 0 radical (unpaired) electrons. The number of carbonyl (C=O) groups is 1. The molecule has 1 fully saturated rings. The first-order valence-electron chi connectivity index (χ1n) is 10.8. The van der Waals surface area contributed by atoms with Crippen molar-refractivity contribution in [1.29, 1.82) is 0 Å². The lowest BCUT2D eigenvalue weighted by Crippen LogP contribution is -2.48. The van der Waals surface area contributed by atoms with Crippen LogP contribution in [0, 0.1) is 13.8 Å². The number of nitrogens with one attached hydrogen (secondary N) is 1. The Morgan fingerprint density at radius 3 is 2.43 bits per heavy atom. The number of hydrogen-bond donors (Lipinski definition) is 1. The first-order valence-corrected chi connectivity index (χ1v) is 10.8. The van der Waals surface area contributed by atoms with Crippen molar-refractivity contribution < 1.29 is 9.53 Å². The SMILES string of the molecule is COc1ccc(C)cc1CN1CCN(CC(=O)Nc2c(C)cccc2C(C)C)CC1. The average molecular weight is 410 g/mol. The van der Waals surface area contributed by atoms with Gasteiger partial charge >= 0.3 is 0 Å². The van der Waals surface area contributed by atoms with Crippen molar-refractivity contribution >= 4 is 11.6 Å². The minimum Gasteiger partial charge on any atom is -0.496 e. The molecule has 0 aliphatic carbocycles. The van der Waals surface area contributed by atoms with E-state index in [2.05, 4.69) is 73.1 Å². The molecule has 1 saturated heterocycles. The van der Waals surface area contributed by atoms with Crippen LogP contribution in [0.3, 0.4) is 0 Å². The minimum atomic E-state index is 0.0694. The second-order valence-electron chi connectivity index (χ2n) is 8.61. The normalized spacial score (nSPS) is 15.4. The minimum absolute atomic E-state index is 0.0694. The van der Waals surface area contributed by atoms with Crippen LogP contribution < -0.4 is 10.1 Å². The van der Waals surface area contributed by atoms with Crippen LogP contribution >= 0.6 is 0 Å². The average Bonchev–Trinajstić information content (AvgIpc) is 2.71. The van der Waals surface area contributed by atoms with Gasteiger partial charge in [0, 0.05) is 44.0 Å². The fourth-order valence-corrected chi connectivity index (χ4v) is 4.10. The van der Waals surface area contributed by atoms with Gasteiger partial charge in [0.25, 0.3) is 0 Å². The third-order valence-corrected chi connectivity index (χ3v) is 5.85. The van der Waals surface area contributed by atoms with Crippen molar-refractivity contribution in [2.45, 2.75) is 40.2 Å². The molecule has 0 aromatic heterocycles. The van der Waals surface area contributed by atoms with E-state index in [4.69, 9.17) is 4.74 Å². The lowest BCUT2D eigenvalue weighted by Gasteiger charge is -2.34. The number of amides is 1. The van der Waals surface area contributed by atoms with Gasteiger partial charge in [-0.15, -0.1) is 0 Å². The van der Waals surface area contributed by atoms with E-state index in [1.165, 1.54) is 16.7 Å². The Balaban J connectivity index is 1.53. The van der Waals surface area contributed by atoms with Gasteiger partial charge in [-0.2, -0.15) is 0 Å². The Bertz CT molecular complexity index is 871. The van der Waals surface area contributed by atoms with Gasteiger partial charge in [0.15, 0.2) is 0 Å². The molecule has 0 spiro atoms. The number of rotatable bonds is 7. The highest BCUT2D eigenvalue weighted by molar-refractivity contribution is 5.94. The Morgan fingerprint density at radius 1 is 1.07 bits per heavy atom. The molecule has 0 bridgehead atoms. The van der Waals surface area contributed by atoms with E-state index < -0.39 is 0 Å². The first-order chi connectivity index (χ1) is 14.4. The fraction of sp³-hybridized carbons (Fsp3) is 0.480. The Morgan fingerprint density at radius 2 is 1.77 bits per heavy atom. The van der Waals surface area contributed by atoms with Gasteiger partial charge in [-0.1, -0.05) is 49.7 Å². The first kappa shape index (κ1) is 22.3. The maximum Gasteiger partial charge on any atom is 0.238 e. The van der Waals surface area contributed by atoms with E-state index in [0.717, 1.165) is 49.7 Å². The van der Waals surface area contributed by atoms with Crippen molar-refractivity contribution in [2.75, 3.05) is 45.2 Å². The lowest BCUT2D eigenvalue weighted by atomic mass is 9.98. The predicted octanol–water partition coefficient (Wildman–Crippen LogP) is 4.19. The van der Waals surface area contributed by atoms with Crippen LogP contribution in [0.1, 0.15) is 42.0 Å². The fourth-order valence-electron chi connectivity index (χ4n) is 4.10. The number of benzene rings is 2. The molecule has 1 heterocycles. The molecule has 2 aromatic carbocycles. The highest BCUT2D eigenvalue weighted by Crippen LogP contribution is 2.27. The van der Waals surface area contributed by atoms with Gasteiger partial charge in [0.1, 0.15) is 5.75 Å². The highest BCUT2D eigenvalue weighted by atomic mass is 16.5. The molecule has 1 aliphatic rings. The molecule has 1 N–H and O–H groups in total. The van der Waals surface area contributed by atoms with Crippen LogP contribution in [0.4, 0.5) is 5.69 Å². The predicted molar refractivity (Wildman–Crippen MR) is 123 cm³/mol. The third kappa shape index (κ3) is 5.61. The second kappa shape index (κ2) is 10.1. The van der Waals surface area contributed by atoms with Crippen LogP contribution in [0.15, 0.2) is 36.4 Å². The van der Waals surface area contributed by atoms with Crippen LogP contribution in [0.2, 0.25) is 0 Å². The van der Waals surface area contributed by atoms with Gasteiger partial charge < -0.3 is 10.1 Å². The number of carbonyl (C=O) groups excluding carboxylic acids is 1. The number of ether oxygens (including phenoxy) is 1. The molecular formula is C25H35N3O2. The largest absolute Gasteiger partial charge is 0.496 e. The van der Waals surface area contributed by atoms with Gasteiger partial charge in [-0.05, 0) is 37.0 Å². The van der Waals surface area contributed by atoms with Gasteiger partial charge in [0.2, 0.25) is 5.91 Å². The van der Waals surface area contributed by atoms with Crippen LogP contribution in [-0.2, 0) is 11.3 Å². The lowest BCUT2D eigenvalue weighted by molar-refractivity contribution is -0.117. The van der Waals surface area contributed by atoms with Crippen molar-refractivity contribution in [1.82, 2.24) is 9.80 Å². The molecule has 2 aromatic rings. The standard InChI is InChI=1S/C25H35N3O2/c1-18(2)22-8-6-7-20(4)25(22)26-24(29)17-28-13-11-27(12-14-28)16-21-15-19(3)9-10-23(21)30-5/h6-10,15,18H,11-14,16-17H2,1-5H3,(H,26,29). The Hall–Kier alpha value is -2.37. The van der Waals surface area contributed by atoms with Crippen molar-refractivity contribution in [3.63, 3.8) is 0 Å². The summed E-state index contributed by atoms with van der Waals surface area (Å²) in [5, 5.41) is 3.17. The quantitative estimate of drug-likeness (QED) is 0.745. The Kier molecular flexibility index (Phi) is 7.51. The number of hydrogen-bond acceptors (Lipinski definition) is 4. The van der Waals surface area contributed by atoms with E-state index in [1.807, 2.05) is 6.07 Å². The zero-order valence-corrected chi connectivity index (χ0v) is 19.0. The van der Waals surface area contributed by atoms with Gasteiger partial charge in [-0.3, -0.25) is 14.6 Å². The molecule has 3 rings (SSSR count). The molecule has 5 nitrogen and oxygen atoms in total. The summed E-state index contributed by atoms with van der Waals surface area (Å²) in [6, 6.07) is 12.5. The number of methoxy groups -OCH3 is 1. The van der Waals surface area contributed by atoms with Gasteiger partial charge in [0.05, 0.1) is 13.7 Å². The van der Waals surface area contributed by atoms with Crippen molar-refractivity contribution in [2.24, 2.45) is 0 Å². The maximum absolute atomic E-state index is 12.7. The van der Waals surface area contributed by atoms with Gasteiger partial charge in [-0.25, -0.2) is 0 Å². The maximum atomic E-state index is 12.7. The van der Waals surface area contributed by atoms with Crippen LogP contribution in [0.5, 0.6) is 5.75 Å². The smallest absolute Gasteiger partial charge is 0.238 e. The molecule has 1 amide bonds. The number of piperazine rings is 1. The van der Waals surface area contributed by atoms with Crippen molar-refractivity contribution in [3.8, 4) is 5.75 Å². The van der Waals surface area contributed by atoms with Crippen molar-refractivity contribution in [3.05, 3.63) is 58.7 Å². The van der Waals surface area contributed by atoms with E-state index >= 15 is 0 Å². The molecule has 5 heteroatoms. The summed E-state index contributed by atoms with van der Waals surface area (Å²) in [7, 11) is 1.73. The number of anilines is 1. The van der Waals surface area contributed by atoms with E-state index in [9.17, 15) is 4.79 Å². The summed E-state index contributed by atoms with van der Waals surface area (Å²) in [5.41, 5.74) is 5.76. The zero-order chi connectivity index (χ0) is 21.7. The number of aryl methyl sites for hydroxylation is 2. The molecule has 162 valence electrons. The topological polar surface area (TPSA) is 44.8 Å². The molecule has 0 unspecified atom stereocenters. The summed E-state index contributed by atoms with van der Waals surface area (Å²) in [5.74, 6) is 1.39. The number of para-hydroxylation sites is 1. The summed E-state index contributed by atoms with van der Waals surface area (Å²) >= 11 is 0. The monoisotopic (exact) mass is 409 g/mol. The van der Waals surface area contributed by atoms with E-state index in [-0.39, 0.29) is 5.91 Å². The molecule has 0 saturated carbocycles. The number of nitrogens with zero attached hydrogens (tertiary/aromatic N) is 2. The molecule has 1 aliphatic heterocycles. The van der Waals surface area contributed by atoms with E-state index in [0.29, 0.717) is 12.5 Å². The van der Waals surface area contributed by atoms with Crippen LogP contribution in [-0.4, -0.2) is 55.5 Å². The van der Waals surface area contributed by atoms with E-state index in [1.54, 1.807) is 7.11 Å². The summed E-state index contributed by atoms with van der Waals surface area (Å²) in [6.07, 6.45) is 0. The molecule has 30 heavy (non-hydrogen) atoms.